The molecule has 0 atom stereocenters. The normalized spacial score (nSPS) is 11.3. The largest absolute Gasteiger partial charge is 0.455 e. The molecule has 0 saturated heterocycles. The van der Waals surface area contributed by atoms with E-state index in [4.69, 9.17) is 16.3 Å². The fraction of sp³-hybridized carbons (Fsp3) is 0.111. The zero-order valence-corrected chi connectivity index (χ0v) is 15.7. The van der Waals surface area contributed by atoms with Crippen molar-refractivity contribution in [2.75, 3.05) is 18.5 Å². The van der Waals surface area contributed by atoms with Gasteiger partial charge in [0.05, 0.1) is 10.7 Å². The van der Waals surface area contributed by atoms with Crippen LogP contribution in [0.4, 0.5) is 5.69 Å². The number of para-hydroxylation sites is 1. The summed E-state index contributed by atoms with van der Waals surface area (Å²) < 4.78 is 30.4. The Morgan fingerprint density at radius 2 is 1.70 bits per heavy atom. The first-order chi connectivity index (χ1) is 12.9. The van der Waals surface area contributed by atoms with Crippen molar-refractivity contribution >= 4 is 45.3 Å². The molecule has 0 aromatic heterocycles. The quantitative estimate of drug-likeness (QED) is 0.653. The molecule has 0 fully saturated rings. The van der Waals surface area contributed by atoms with Crippen LogP contribution in [0.2, 0.25) is 5.02 Å². The standard InChI is InChI=1S/C18H17ClN2O5S/c19-15-8-4-5-9-16(15)21-17(22)13-26-18(23)12-20-27(24,25)11-10-14-6-2-1-3-7-14/h1-11,20H,12-13H2,(H,21,22)/b11-10+. The van der Waals surface area contributed by atoms with Crippen LogP contribution in [0.15, 0.2) is 60.0 Å². The highest BCUT2D eigenvalue weighted by molar-refractivity contribution is 7.92. The Balaban J connectivity index is 1.76. The summed E-state index contributed by atoms with van der Waals surface area (Å²) in [6, 6.07) is 15.4. The van der Waals surface area contributed by atoms with E-state index in [1.807, 2.05) is 6.07 Å². The minimum absolute atomic E-state index is 0.343. The second kappa shape index (κ2) is 9.86. The lowest BCUT2D eigenvalue weighted by molar-refractivity contribution is -0.146. The van der Waals surface area contributed by atoms with E-state index in [0.29, 0.717) is 16.3 Å². The molecule has 0 unspecified atom stereocenters. The van der Waals surface area contributed by atoms with Crippen molar-refractivity contribution in [1.29, 1.82) is 0 Å². The zero-order valence-electron chi connectivity index (χ0n) is 14.1. The third kappa shape index (κ3) is 7.61. The fourth-order valence-corrected chi connectivity index (χ4v) is 2.82. The molecule has 0 aliphatic heterocycles. The minimum Gasteiger partial charge on any atom is -0.455 e. The SMILES string of the molecule is O=C(COC(=O)CNS(=O)(=O)/C=C/c1ccccc1)Nc1ccccc1Cl. The van der Waals surface area contributed by atoms with Crippen LogP contribution < -0.4 is 10.0 Å². The van der Waals surface area contributed by atoms with Gasteiger partial charge in [0.2, 0.25) is 10.0 Å². The van der Waals surface area contributed by atoms with Crippen molar-refractivity contribution in [3.63, 3.8) is 0 Å². The lowest BCUT2D eigenvalue weighted by Crippen LogP contribution is -2.31. The van der Waals surface area contributed by atoms with Gasteiger partial charge in [-0.05, 0) is 23.8 Å². The van der Waals surface area contributed by atoms with Crippen LogP contribution in [0.1, 0.15) is 5.56 Å². The smallest absolute Gasteiger partial charge is 0.321 e. The molecular formula is C18H17ClN2O5S. The second-order valence-electron chi connectivity index (χ2n) is 5.27. The number of esters is 1. The summed E-state index contributed by atoms with van der Waals surface area (Å²) in [6.45, 7) is -1.16. The number of carbonyl (C=O) groups is 2. The predicted molar refractivity (Wildman–Crippen MR) is 103 cm³/mol. The maximum absolute atomic E-state index is 11.8. The molecule has 142 valence electrons. The molecule has 0 radical (unpaired) electrons. The predicted octanol–water partition coefficient (Wildman–Crippen LogP) is 2.41. The number of rotatable bonds is 8. The van der Waals surface area contributed by atoms with Gasteiger partial charge in [-0.1, -0.05) is 54.1 Å². The summed E-state index contributed by atoms with van der Waals surface area (Å²) in [5, 5.41) is 3.77. The number of hydrogen-bond donors (Lipinski definition) is 2. The summed E-state index contributed by atoms with van der Waals surface area (Å²) in [7, 11) is -3.82. The maximum Gasteiger partial charge on any atom is 0.321 e. The van der Waals surface area contributed by atoms with Crippen LogP contribution in [0.3, 0.4) is 0 Å². The first-order valence-electron chi connectivity index (χ1n) is 7.78. The van der Waals surface area contributed by atoms with Crippen molar-refractivity contribution in [1.82, 2.24) is 4.72 Å². The second-order valence-corrected chi connectivity index (χ2v) is 7.33. The van der Waals surface area contributed by atoms with Crippen LogP contribution in [0.25, 0.3) is 6.08 Å². The molecule has 2 aromatic carbocycles. The van der Waals surface area contributed by atoms with Crippen molar-refractivity contribution in [2.24, 2.45) is 0 Å². The van der Waals surface area contributed by atoms with Gasteiger partial charge in [-0.3, -0.25) is 9.59 Å². The molecule has 0 saturated carbocycles. The van der Waals surface area contributed by atoms with Crippen LogP contribution in [-0.2, 0) is 24.3 Å². The summed E-state index contributed by atoms with van der Waals surface area (Å²) in [5.74, 6) is -1.48. The lowest BCUT2D eigenvalue weighted by atomic mass is 10.2. The molecule has 2 aromatic rings. The highest BCUT2D eigenvalue weighted by Crippen LogP contribution is 2.20. The van der Waals surface area contributed by atoms with Crippen LogP contribution in [-0.4, -0.2) is 33.4 Å². The van der Waals surface area contributed by atoms with E-state index in [-0.39, 0.29) is 0 Å². The van der Waals surface area contributed by atoms with Crippen molar-refractivity contribution < 1.29 is 22.7 Å². The van der Waals surface area contributed by atoms with Crippen molar-refractivity contribution in [3.8, 4) is 0 Å². The van der Waals surface area contributed by atoms with E-state index in [1.54, 1.807) is 48.5 Å². The fourth-order valence-electron chi connectivity index (χ4n) is 1.89. The third-order valence-electron chi connectivity index (χ3n) is 3.17. The highest BCUT2D eigenvalue weighted by atomic mass is 35.5. The first kappa shape index (κ1) is 20.6. The van der Waals surface area contributed by atoms with E-state index in [9.17, 15) is 18.0 Å². The Hall–Kier alpha value is -2.68. The Kier molecular flexibility index (Phi) is 7.54. The molecule has 7 nitrogen and oxygen atoms in total. The number of sulfonamides is 1. The average Bonchev–Trinajstić information content (AvgIpc) is 2.66. The Labute approximate surface area is 162 Å². The summed E-state index contributed by atoms with van der Waals surface area (Å²) >= 11 is 5.90. The molecule has 0 bridgehead atoms. The van der Waals surface area contributed by atoms with Gasteiger partial charge in [0.1, 0.15) is 6.54 Å². The number of anilines is 1. The molecule has 27 heavy (non-hydrogen) atoms. The van der Waals surface area contributed by atoms with Gasteiger partial charge < -0.3 is 10.1 Å². The lowest BCUT2D eigenvalue weighted by Gasteiger charge is -2.08. The van der Waals surface area contributed by atoms with E-state index >= 15 is 0 Å². The number of benzene rings is 2. The van der Waals surface area contributed by atoms with Crippen LogP contribution >= 0.6 is 11.6 Å². The Bertz CT molecular complexity index is 930. The van der Waals surface area contributed by atoms with Gasteiger partial charge in [-0.25, -0.2) is 13.1 Å². The van der Waals surface area contributed by atoms with E-state index in [1.165, 1.54) is 6.08 Å². The van der Waals surface area contributed by atoms with Gasteiger partial charge in [-0.15, -0.1) is 0 Å². The van der Waals surface area contributed by atoms with Gasteiger partial charge in [0, 0.05) is 5.41 Å². The molecule has 9 heteroatoms. The summed E-state index contributed by atoms with van der Waals surface area (Å²) in [4.78, 5) is 23.3. The first-order valence-corrected chi connectivity index (χ1v) is 9.71. The van der Waals surface area contributed by atoms with E-state index in [0.717, 1.165) is 5.41 Å². The number of hydrogen-bond acceptors (Lipinski definition) is 5. The Morgan fingerprint density at radius 1 is 1.04 bits per heavy atom. The van der Waals surface area contributed by atoms with Crippen LogP contribution in [0.5, 0.6) is 0 Å². The highest BCUT2D eigenvalue weighted by Gasteiger charge is 2.12. The van der Waals surface area contributed by atoms with Gasteiger partial charge >= 0.3 is 5.97 Å². The molecule has 0 aliphatic carbocycles. The Morgan fingerprint density at radius 3 is 2.41 bits per heavy atom. The molecule has 0 spiro atoms. The summed E-state index contributed by atoms with van der Waals surface area (Å²) in [5.41, 5.74) is 1.08. The molecule has 2 N–H and O–H groups in total. The molecule has 0 heterocycles. The van der Waals surface area contributed by atoms with Gasteiger partial charge in [0.15, 0.2) is 6.61 Å². The topological polar surface area (TPSA) is 102 Å². The molecule has 1 amide bonds. The number of ether oxygens (including phenoxy) is 1. The monoisotopic (exact) mass is 408 g/mol. The van der Waals surface area contributed by atoms with Crippen molar-refractivity contribution in [2.45, 2.75) is 0 Å². The summed E-state index contributed by atoms with van der Waals surface area (Å²) in [6.07, 6.45) is 1.39. The average molecular weight is 409 g/mol. The van der Waals surface area contributed by atoms with Crippen LogP contribution in [0, 0.1) is 0 Å². The number of amides is 1. The van der Waals surface area contributed by atoms with E-state index in [2.05, 4.69) is 10.0 Å². The van der Waals surface area contributed by atoms with Gasteiger partial charge in [-0.2, -0.15) is 0 Å². The maximum atomic E-state index is 11.8. The van der Waals surface area contributed by atoms with E-state index < -0.39 is 35.1 Å². The number of halogens is 1. The third-order valence-corrected chi connectivity index (χ3v) is 4.54. The molecule has 0 aliphatic rings. The zero-order chi connectivity index (χ0) is 19.7. The molecule has 2 rings (SSSR count). The van der Waals surface area contributed by atoms with Gasteiger partial charge in [0.25, 0.3) is 5.91 Å². The number of nitrogens with one attached hydrogen (secondary N) is 2. The molecular weight excluding hydrogens is 392 g/mol. The van der Waals surface area contributed by atoms with Crippen molar-refractivity contribution in [3.05, 3.63) is 70.6 Å². The number of carbonyl (C=O) groups excluding carboxylic acids is 2. The minimum atomic E-state index is -3.82.